The monoisotopic (exact) mass is 358 g/mol. The molecule has 0 aliphatic heterocycles. The van der Waals surface area contributed by atoms with Crippen molar-refractivity contribution >= 4 is 39.4 Å². The summed E-state index contributed by atoms with van der Waals surface area (Å²) in [7, 11) is 0. The molecule has 0 fully saturated rings. The molecule has 0 aliphatic carbocycles. The number of thioether (sulfide) groups is 1. The molecule has 0 saturated carbocycles. The molecule has 1 rings (SSSR count). The third-order valence-corrected chi connectivity index (χ3v) is 4.81. The largest absolute Gasteiger partial charge is 0.465 e. The number of benzene rings is 1. The number of esters is 1. The molecule has 0 N–H and O–H groups in total. The molecule has 0 spiro atoms. The van der Waals surface area contributed by atoms with Gasteiger partial charge in [0.15, 0.2) is 5.78 Å². The van der Waals surface area contributed by atoms with Crippen molar-refractivity contribution in [3.8, 4) is 0 Å². The number of ether oxygens (including phenoxy) is 1. The minimum Gasteiger partial charge on any atom is -0.465 e. The van der Waals surface area contributed by atoms with Gasteiger partial charge in [-0.25, -0.2) is 0 Å². The maximum Gasteiger partial charge on any atom is 0.316 e. The van der Waals surface area contributed by atoms with Gasteiger partial charge >= 0.3 is 5.97 Å². The molecular formula is C15H19BrO3S. The van der Waals surface area contributed by atoms with E-state index >= 15 is 0 Å². The van der Waals surface area contributed by atoms with Crippen LogP contribution in [0, 0.1) is 11.8 Å². The Morgan fingerprint density at radius 1 is 1.30 bits per heavy atom. The molecule has 0 aromatic heterocycles. The molecule has 5 heteroatoms. The summed E-state index contributed by atoms with van der Waals surface area (Å²) in [6.45, 7) is 5.77. The van der Waals surface area contributed by atoms with Crippen LogP contribution >= 0.6 is 27.7 Å². The maximum atomic E-state index is 12.2. The van der Waals surface area contributed by atoms with E-state index in [1.165, 1.54) is 11.8 Å². The van der Waals surface area contributed by atoms with Gasteiger partial charge in [0.25, 0.3) is 0 Å². The van der Waals surface area contributed by atoms with Crippen LogP contribution in [0.1, 0.15) is 20.8 Å². The fourth-order valence-corrected chi connectivity index (χ4v) is 3.29. The Morgan fingerprint density at radius 2 is 1.95 bits per heavy atom. The predicted octanol–water partition coefficient (Wildman–Crippen LogP) is 3.95. The summed E-state index contributed by atoms with van der Waals surface area (Å²) >= 11 is 4.87. The summed E-state index contributed by atoms with van der Waals surface area (Å²) in [5.74, 6) is -0.963. The zero-order valence-corrected chi connectivity index (χ0v) is 14.3. The zero-order valence-electron chi connectivity index (χ0n) is 11.9. The van der Waals surface area contributed by atoms with Crippen LogP contribution in [-0.4, -0.2) is 24.1 Å². The molecule has 3 nitrogen and oxygen atoms in total. The SMILES string of the molecule is CCOC(=O)C(C(=O)CSc1ccccc1Br)C(C)C. The van der Waals surface area contributed by atoms with Crippen molar-refractivity contribution in [2.45, 2.75) is 25.7 Å². The van der Waals surface area contributed by atoms with E-state index in [2.05, 4.69) is 15.9 Å². The number of rotatable bonds is 7. The first-order valence-corrected chi connectivity index (χ1v) is 8.31. The van der Waals surface area contributed by atoms with E-state index in [0.29, 0.717) is 6.61 Å². The van der Waals surface area contributed by atoms with E-state index < -0.39 is 11.9 Å². The second-order valence-electron chi connectivity index (χ2n) is 4.66. The maximum absolute atomic E-state index is 12.2. The lowest BCUT2D eigenvalue weighted by atomic mass is 9.92. The fourth-order valence-electron chi connectivity index (χ4n) is 1.81. The van der Waals surface area contributed by atoms with E-state index in [9.17, 15) is 9.59 Å². The van der Waals surface area contributed by atoms with Crippen LogP contribution in [0.4, 0.5) is 0 Å². The molecule has 0 amide bonds. The van der Waals surface area contributed by atoms with Crippen molar-refractivity contribution in [1.82, 2.24) is 0 Å². The summed E-state index contributed by atoms with van der Waals surface area (Å²) in [6.07, 6.45) is 0. The lowest BCUT2D eigenvalue weighted by Gasteiger charge is -2.17. The van der Waals surface area contributed by atoms with Gasteiger partial charge in [-0.15, -0.1) is 11.8 Å². The smallest absolute Gasteiger partial charge is 0.316 e. The normalized spacial score (nSPS) is 12.2. The molecule has 1 aromatic carbocycles. The van der Waals surface area contributed by atoms with Gasteiger partial charge in [-0.05, 0) is 40.9 Å². The number of carbonyl (C=O) groups is 2. The van der Waals surface area contributed by atoms with Gasteiger partial charge in [0.1, 0.15) is 5.92 Å². The van der Waals surface area contributed by atoms with Crippen LogP contribution in [0.2, 0.25) is 0 Å². The number of hydrogen-bond donors (Lipinski definition) is 0. The van der Waals surface area contributed by atoms with Crippen LogP contribution < -0.4 is 0 Å². The van der Waals surface area contributed by atoms with Gasteiger partial charge in [0.05, 0.1) is 12.4 Å². The Hall–Kier alpha value is -0.810. The van der Waals surface area contributed by atoms with Crippen LogP contribution in [-0.2, 0) is 14.3 Å². The summed E-state index contributed by atoms with van der Waals surface area (Å²) in [6, 6.07) is 7.71. The summed E-state index contributed by atoms with van der Waals surface area (Å²) in [5, 5.41) is 0. The Balaban J connectivity index is 2.68. The second kappa shape index (κ2) is 8.47. The first-order valence-electron chi connectivity index (χ1n) is 6.54. The number of Topliss-reactive ketones (excluding diaryl/α,β-unsaturated/α-hetero) is 1. The van der Waals surface area contributed by atoms with Crippen LogP contribution in [0.5, 0.6) is 0 Å². The van der Waals surface area contributed by atoms with Gasteiger partial charge in [-0.3, -0.25) is 9.59 Å². The zero-order chi connectivity index (χ0) is 15.1. The lowest BCUT2D eigenvalue weighted by molar-refractivity contribution is -0.152. The number of halogens is 1. The Morgan fingerprint density at radius 3 is 2.50 bits per heavy atom. The van der Waals surface area contributed by atoms with Crippen molar-refractivity contribution in [3.63, 3.8) is 0 Å². The van der Waals surface area contributed by atoms with Gasteiger partial charge in [-0.2, -0.15) is 0 Å². The highest BCUT2D eigenvalue weighted by molar-refractivity contribution is 9.10. The number of hydrogen-bond acceptors (Lipinski definition) is 4. The van der Waals surface area contributed by atoms with Crippen LogP contribution in [0.25, 0.3) is 0 Å². The first kappa shape index (κ1) is 17.2. The third-order valence-electron chi connectivity index (χ3n) is 2.76. The molecule has 1 unspecified atom stereocenters. The minimum absolute atomic E-state index is 0.0543. The molecule has 1 atom stereocenters. The standard InChI is InChI=1S/C15H19BrO3S/c1-4-19-15(18)14(10(2)3)12(17)9-20-13-8-6-5-7-11(13)16/h5-8,10,14H,4,9H2,1-3H3. The Kier molecular flexibility index (Phi) is 7.30. The summed E-state index contributed by atoms with van der Waals surface area (Å²) in [5.41, 5.74) is 0. The highest BCUT2D eigenvalue weighted by Gasteiger charge is 2.30. The highest BCUT2D eigenvalue weighted by Crippen LogP contribution is 2.28. The third kappa shape index (κ3) is 4.94. The highest BCUT2D eigenvalue weighted by atomic mass is 79.9. The lowest BCUT2D eigenvalue weighted by Crippen LogP contribution is -2.31. The average Bonchev–Trinajstić information content (AvgIpc) is 2.37. The summed E-state index contributed by atoms with van der Waals surface area (Å²) < 4.78 is 5.94. The van der Waals surface area contributed by atoms with E-state index in [1.54, 1.807) is 6.92 Å². The van der Waals surface area contributed by atoms with Gasteiger partial charge in [-0.1, -0.05) is 26.0 Å². The number of carbonyl (C=O) groups excluding carboxylic acids is 2. The molecule has 0 bridgehead atoms. The molecule has 20 heavy (non-hydrogen) atoms. The molecule has 0 aliphatic rings. The molecule has 0 heterocycles. The van der Waals surface area contributed by atoms with Crippen molar-refractivity contribution in [2.75, 3.05) is 12.4 Å². The first-order chi connectivity index (χ1) is 9.47. The van der Waals surface area contributed by atoms with Crippen molar-refractivity contribution in [3.05, 3.63) is 28.7 Å². The fraction of sp³-hybridized carbons (Fsp3) is 0.467. The van der Waals surface area contributed by atoms with Crippen molar-refractivity contribution in [1.29, 1.82) is 0 Å². The molecule has 110 valence electrons. The Labute approximate surface area is 132 Å². The van der Waals surface area contributed by atoms with Gasteiger partial charge < -0.3 is 4.74 Å². The topological polar surface area (TPSA) is 43.4 Å². The molecule has 1 aromatic rings. The second-order valence-corrected chi connectivity index (χ2v) is 6.53. The van der Waals surface area contributed by atoms with E-state index in [1.807, 2.05) is 38.1 Å². The van der Waals surface area contributed by atoms with Crippen LogP contribution in [0.15, 0.2) is 33.6 Å². The number of ketones is 1. The van der Waals surface area contributed by atoms with Gasteiger partial charge in [0.2, 0.25) is 0 Å². The molecule has 0 saturated heterocycles. The minimum atomic E-state index is -0.676. The quantitative estimate of drug-likeness (QED) is 0.420. The van der Waals surface area contributed by atoms with E-state index in [-0.39, 0.29) is 17.5 Å². The summed E-state index contributed by atoms with van der Waals surface area (Å²) in [4.78, 5) is 25.1. The average molecular weight is 359 g/mol. The Bertz CT molecular complexity index is 474. The van der Waals surface area contributed by atoms with E-state index in [4.69, 9.17) is 4.74 Å². The van der Waals surface area contributed by atoms with Crippen LogP contribution in [0.3, 0.4) is 0 Å². The van der Waals surface area contributed by atoms with Crippen molar-refractivity contribution in [2.24, 2.45) is 11.8 Å². The molecule has 0 radical (unpaired) electrons. The van der Waals surface area contributed by atoms with Gasteiger partial charge in [0, 0.05) is 9.37 Å². The molecular weight excluding hydrogens is 340 g/mol. The van der Waals surface area contributed by atoms with E-state index in [0.717, 1.165) is 9.37 Å². The van der Waals surface area contributed by atoms with Crippen molar-refractivity contribution < 1.29 is 14.3 Å². The predicted molar refractivity (Wildman–Crippen MR) is 84.8 cm³/mol.